The fourth-order valence-electron chi connectivity index (χ4n) is 1.17. The molecule has 0 radical (unpaired) electrons. The van der Waals surface area contributed by atoms with Gasteiger partial charge in [-0.15, -0.1) is 0 Å². The molecule has 0 fully saturated rings. The Hall–Kier alpha value is -1.46. The summed E-state index contributed by atoms with van der Waals surface area (Å²) < 4.78 is 5.28. The Morgan fingerprint density at radius 3 is 2.87 bits per heavy atom. The smallest absolute Gasteiger partial charge is 0.274 e. The maximum atomic E-state index is 10.6. The molecule has 82 valence electrons. The summed E-state index contributed by atoms with van der Waals surface area (Å²) in [5.41, 5.74) is 0.723. The van der Waals surface area contributed by atoms with Gasteiger partial charge in [0.05, 0.1) is 23.7 Å². The maximum absolute atomic E-state index is 10.6. The van der Waals surface area contributed by atoms with E-state index in [-0.39, 0.29) is 12.3 Å². The number of nitro benzene ring substituents is 1. The van der Waals surface area contributed by atoms with Crippen LogP contribution in [-0.4, -0.2) is 25.1 Å². The third kappa shape index (κ3) is 3.65. The minimum Gasteiger partial charge on any atom is -0.375 e. The molecule has 1 rings (SSSR count). The number of ether oxygens (including phenoxy) is 1. The van der Waals surface area contributed by atoms with Crippen molar-refractivity contribution in [2.45, 2.75) is 6.61 Å². The van der Waals surface area contributed by atoms with Crippen molar-refractivity contribution in [2.24, 2.45) is 0 Å². The Balaban J connectivity index is 2.56. The van der Waals surface area contributed by atoms with Crippen LogP contribution < -0.4 is 5.32 Å². The molecule has 0 bridgehead atoms. The number of hydrogen-bond acceptors (Lipinski definition) is 4. The molecule has 1 aromatic rings. The van der Waals surface area contributed by atoms with Crippen LogP contribution >= 0.6 is 0 Å². The molecule has 0 spiro atoms. The first-order chi connectivity index (χ1) is 7.25. The van der Waals surface area contributed by atoms with Crippen LogP contribution in [0.25, 0.3) is 0 Å². The number of rotatable bonds is 6. The number of benzene rings is 1. The standard InChI is InChI=1S/C10H14N2O3/c1-11-6-7-15-8-9-4-2-3-5-10(9)12(13)14/h2-5,11H,6-8H2,1H3. The van der Waals surface area contributed by atoms with Gasteiger partial charge in [-0.3, -0.25) is 10.1 Å². The summed E-state index contributed by atoms with van der Waals surface area (Å²) in [5, 5.41) is 13.6. The van der Waals surface area contributed by atoms with Crippen molar-refractivity contribution in [3.8, 4) is 0 Å². The van der Waals surface area contributed by atoms with Gasteiger partial charge in [-0.2, -0.15) is 0 Å². The van der Waals surface area contributed by atoms with Crippen molar-refractivity contribution in [3.63, 3.8) is 0 Å². The molecule has 0 aromatic heterocycles. The summed E-state index contributed by atoms with van der Waals surface area (Å²) in [7, 11) is 1.83. The molecule has 0 aliphatic heterocycles. The van der Waals surface area contributed by atoms with Crippen LogP contribution in [0.4, 0.5) is 5.69 Å². The Morgan fingerprint density at radius 2 is 2.20 bits per heavy atom. The molecule has 0 heterocycles. The molecule has 0 unspecified atom stereocenters. The van der Waals surface area contributed by atoms with Gasteiger partial charge in [0.2, 0.25) is 0 Å². The topological polar surface area (TPSA) is 64.4 Å². The summed E-state index contributed by atoms with van der Waals surface area (Å²) >= 11 is 0. The molecule has 0 saturated heterocycles. The van der Waals surface area contributed by atoms with Crippen molar-refractivity contribution >= 4 is 5.69 Å². The van der Waals surface area contributed by atoms with Crippen LogP contribution in [0.5, 0.6) is 0 Å². The Morgan fingerprint density at radius 1 is 1.47 bits per heavy atom. The highest BCUT2D eigenvalue weighted by Gasteiger charge is 2.11. The van der Waals surface area contributed by atoms with Gasteiger partial charge in [-0.25, -0.2) is 0 Å². The maximum Gasteiger partial charge on any atom is 0.274 e. The molecule has 1 N–H and O–H groups in total. The summed E-state index contributed by atoms with van der Waals surface area (Å²) in [6, 6.07) is 6.60. The molecule has 0 saturated carbocycles. The predicted octanol–water partition coefficient (Wildman–Crippen LogP) is 1.33. The second-order valence-corrected chi connectivity index (χ2v) is 3.04. The van der Waals surface area contributed by atoms with Gasteiger partial charge in [0.1, 0.15) is 0 Å². The van der Waals surface area contributed by atoms with Gasteiger partial charge in [-0.05, 0) is 13.1 Å². The number of likely N-dealkylation sites (N-methyl/N-ethyl adjacent to an activating group) is 1. The number of hydrogen-bond donors (Lipinski definition) is 1. The SMILES string of the molecule is CNCCOCc1ccccc1[N+](=O)[O-]. The van der Waals surface area contributed by atoms with Crippen LogP contribution in [-0.2, 0) is 11.3 Å². The fourth-order valence-corrected chi connectivity index (χ4v) is 1.17. The van der Waals surface area contributed by atoms with E-state index in [1.807, 2.05) is 7.05 Å². The zero-order valence-electron chi connectivity index (χ0n) is 8.60. The average Bonchev–Trinajstić information content (AvgIpc) is 2.25. The first-order valence-corrected chi connectivity index (χ1v) is 4.70. The summed E-state index contributed by atoms with van der Waals surface area (Å²) in [6.07, 6.45) is 0. The Labute approximate surface area is 88.2 Å². The molecule has 5 heteroatoms. The fraction of sp³-hybridized carbons (Fsp3) is 0.400. The number of nitro groups is 1. The van der Waals surface area contributed by atoms with Crippen LogP contribution in [0.2, 0.25) is 0 Å². The van der Waals surface area contributed by atoms with Gasteiger partial charge in [0.15, 0.2) is 0 Å². The van der Waals surface area contributed by atoms with Crippen LogP contribution in [0, 0.1) is 10.1 Å². The Bertz CT molecular complexity index is 328. The van der Waals surface area contributed by atoms with E-state index in [1.165, 1.54) is 6.07 Å². The zero-order valence-corrected chi connectivity index (χ0v) is 8.60. The second kappa shape index (κ2) is 6.10. The second-order valence-electron chi connectivity index (χ2n) is 3.04. The van der Waals surface area contributed by atoms with E-state index in [2.05, 4.69) is 5.32 Å². The minimum atomic E-state index is -0.392. The first-order valence-electron chi connectivity index (χ1n) is 4.70. The van der Waals surface area contributed by atoms with Crippen LogP contribution in [0.3, 0.4) is 0 Å². The van der Waals surface area contributed by atoms with E-state index < -0.39 is 4.92 Å². The van der Waals surface area contributed by atoms with Crippen molar-refractivity contribution < 1.29 is 9.66 Å². The highest BCUT2D eigenvalue weighted by Crippen LogP contribution is 2.17. The number of nitrogens with one attached hydrogen (secondary N) is 1. The van der Waals surface area contributed by atoms with Crippen LogP contribution in [0.15, 0.2) is 24.3 Å². The third-order valence-corrected chi connectivity index (χ3v) is 1.94. The predicted molar refractivity (Wildman–Crippen MR) is 56.7 cm³/mol. The summed E-state index contributed by atoms with van der Waals surface area (Å²) in [5.74, 6) is 0. The van der Waals surface area contributed by atoms with Gasteiger partial charge in [0.25, 0.3) is 5.69 Å². The molecule has 5 nitrogen and oxygen atoms in total. The van der Waals surface area contributed by atoms with Crippen molar-refractivity contribution in [1.82, 2.24) is 5.32 Å². The van der Waals surface area contributed by atoms with Crippen molar-refractivity contribution in [3.05, 3.63) is 39.9 Å². The largest absolute Gasteiger partial charge is 0.375 e. The van der Waals surface area contributed by atoms with Gasteiger partial charge in [0, 0.05) is 12.6 Å². The molecule has 0 aliphatic carbocycles. The highest BCUT2D eigenvalue weighted by atomic mass is 16.6. The lowest BCUT2D eigenvalue weighted by molar-refractivity contribution is -0.385. The monoisotopic (exact) mass is 210 g/mol. The minimum absolute atomic E-state index is 0.113. The normalized spacial score (nSPS) is 10.2. The van der Waals surface area contributed by atoms with E-state index in [0.717, 1.165) is 6.54 Å². The molecule has 0 atom stereocenters. The molecular weight excluding hydrogens is 196 g/mol. The van der Waals surface area contributed by atoms with E-state index in [1.54, 1.807) is 18.2 Å². The van der Waals surface area contributed by atoms with Crippen LogP contribution in [0.1, 0.15) is 5.56 Å². The molecular formula is C10H14N2O3. The Kier molecular flexibility index (Phi) is 4.73. The lowest BCUT2D eigenvalue weighted by Crippen LogP contribution is -2.14. The van der Waals surface area contributed by atoms with Crippen molar-refractivity contribution in [2.75, 3.05) is 20.2 Å². The molecule has 1 aromatic carbocycles. The zero-order chi connectivity index (χ0) is 11.1. The van der Waals surface area contributed by atoms with E-state index in [4.69, 9.17) is 4.74 Å². The average molecular weight is 210 g/mol. The lowest BCUT2D eigenvalue weighted by atomic mass is 10.2. The van der Waals surface area contributed by atoms with E-state index in [0.29, 0.717) is 12.2 Å². The van der Waals surface area contributed by atoms with Gasteiger partial charge >= 0.3 is 0 Å². The molecule has 0 aliphatic rings. The van der Waals surface area contributed by atoms with Crippen molar-refractivity contribution in [1.29, 1.82) is 0 Å². The van der Waals surface area contributed by atoms with E-state index in [9.17, 15) is 10.1 Å². The number of para-hydroxylation sites is 1. The van der Waals surface area contributed by atoms with Gasteiger partial charge in [-0.1, -0.05) is 12.1 Å². The highest BCUT2D eigenvalue weighted by molar-refractivity contribution is 5.39. The lowest BCUT2D eigenvalue weighted by Gasteiger charge is -2.04. The third-order valence-electron chi connectivity index (χ3n) is 1.94. The summed E-state index contributed by atoms with van der Waals surface area (Å²) in [6.45, 7) is 1.56. The molecule has 0 amide bonds. The molecule has 15 heavy (non-hydrogen) atoms. The quantitative estimate of drug-likeness (QED) is 0.437. The van der Waals surface area contributed by atoms with Gasteiger partial charge < -0.3 is 10.1 Å². The summed E-state index contributed by atoms with van der Waals surface area (Å²) in [4.78, 5) is 10.3. The van der Waals surface area contributed by atoms with E-state index >= 15 is 0 Å². The first kappa shape index (κ1) is 11.6. The number of nitrogens with zero attached hydrogens (tertiary/aromatic N) is 1.